The van der Waals surface area contributed by atoms with Gasteiger partial charge in [-0.05, 0) is 43.9 Å². The van der Waals surface area contributed by atoms with Crippen LogP contribution in [-0.2, 0) is 10.9 Å². The molecule has 0 amide bonds. The molecule has 20 heavy (non-hydrogen) atoms. The molecule has 6 heteroatoms. The van der Waals surface area contributed by atoms with E-state index in [1.54, 1.807) is 0 Å². The van der Waals surface area contributed by atoms with Crippen LogP contribution in [0.2, 0.25) is 0 Å². The van der Waals surface area contributed by atoms with Gasteiger partial charge in [-0.25, -0.2) is 4.39 Å². The molecular formula is C14H14F4O2. The first-order chi connectivity index (χ1) is 9.30. The Hall–Kier alpha value is -1.43. The molecule has 1 aromatic carbocycles. The van der Waals surface area contributed by atoms with Gasteiger partial charge in [-0.2, -0.15) is 13.2 Å². The number of hydrogen-bond acceptors (Lipinski definition) is 2. The summed E-state index contributed by atoms with van der Waals surface area (Å²) in [5.74, 6) is -1.89. The standard InChI is InChI=1S/C14H14F4O2/c1-20-13(6-2-3-7-13)12(19)9-4-5-11(15)10(8-9)14(16,17)18/h4-5,8H,2-3,6-7H2,1H3. The summed E-state index contributed by atoms with van der Waals surface area (Å²) in [5, 5.41) is 0. The van der Waals surface area contributed by atoms with Crippen molar-refractivity contribution in [3.05, 3.63) is 35.1 Å². The zero-order chi connectivity index (χ0) is 15.0. The van der Waals surface area contributed by atoms with Crippen molar-refractivity contribution in [2.24, 2.45) is 0 Å². The Morgan fingerprint density at radius 1 is 1.25 bits per heavy atom. The first kappa shape index (κ1) is 15.0. The molecule has 0 spiro atoms. The van der Waals surface area contributed by atoms with Gasteiger partial charge in [0, 0.05) is 12.7 Å². The van der Waals surface area contributed by atoms with Gasteiger partial charge in [-0.3, -0.25) is 4.79 Å². The van der Waals surface area contributed by atoms with E-state index in [-0.39, 0.29) is 5.56 Å². The number of ether oxygens (including phenoxy) is 1. The average Bonchev–Trinajstić information content (AvgIpc) is 2.87. The summed E-state index contributed by atoms with van der Waals surface area (Å²) in [6.45, 7) is 0. The van der Waals surface area contributed by atoms with E-state index >= 15 is 0 Å². The fourth-order valence-electron chi connectivity index (χ4n) is 2.62. The molecule has 1 saturated carbocycles. The predicted molar refractivity (Wildman–Crippen MR) is 63.9 cm³/mol. The van der Waals surface area contributed by atoms with Gasteiger partial charge in [-0.15, -0.1) is 0 Å². The van der Waals surface area contributed by atoms with E-state index in [1.807, 2.05) is 0 Å². The van der Waals surface area contributed by atoms with Crippen LogP contribution in [0.15, 0.2) is 18.2 Å². The minimum Gasteiger partial charge on any atom is -0.370 e. The van der Waals surface area contributed by atoms with Crippen LogP contribution in [0.4, 0.5) is 17.6 Å². The number of methoxy groups -OCH3 is 1. The molecule has 1 aliphatic rings. The van der Waals surface area contributed by atoms with E-state index in [9.17, 15) is 22.4 Å². The predicted octanol–water partition coefficient (Wildman–Crippen LogP) is 3.99. The molecule has 0 unspecified atom stereocenters. The third-order valence-corrected chi connectivity index (χ3v) is 3.75. The van der Waals surface area contributed by atoms with Gasteiger partial charge >= 0.3 is 6.18 Å². The molecule has 2 rings (SSSR count). The van der Waals surface area contributed by atoms with Crippen molar-refractivity contribution in [3.63, 3.8) is 0 Å². The molecule has 0 radical (unpaired) electrons. The molecule has 0 bridgehead atoms. The van der Waals surface area contributed by atoms with Crippen LogP contribution >= 0.6 is 0 Å². The smallest absolute Gasteiger partial charge is 0.370 e. The number of Topliss-reactive ketones (excluding diaryl/α,β-unsaturated/α-hetero) is 1. The monoisotopic (exact) mass is 290 g/mol. The minimum atomic E-state index is -4.82. The molecule has 0 atom stereocenters. The number of alkyl halides is 3. The van der Waals surface area contributed by atoms with E-state index in [0.29, 0.717) is 25.0 Å². The fraction of sp³-hybridized carbons (Fsp3) is 0.500. The molecule has 2 nitrogen and oxygen atoms in total. The van der Waals surface area contributed by atoms with E-state index in [4.69, 9.17) is 4.74 Å². The Labute approximate surface area is 113 Å². The Kier molecular flexibility index (Phi) is 3.86. The third-order valence-electron chi connectivity index (χ3n) is 3.75. The van der Waals surface area contributed by atoms with Crippen LogP contribution in [0.25, 0.3) is 0 Å². The summed E-state index contributed by atoms with van der Waals surface area (Å²) in [6.07, 6.45) is -2.31. The molecule has 0 aromatic heterocycles. The number of carbonyl (C=O) groups excluding carboxylic acids is 1. The molecule has 0 aliphatic heterocycles. The Bertz CT molecular complexity index is 516. The molecule has 1 aromatic rings. The van der Waals surface area contributed by atoms with Crippen molar-refractivity contribution in [2.45, 2.75) is 37.5 Å². The van der Waals surface area contributed by atoms with E-state index < -0.39 is 28.9 Å². The number of halogens is 4. The van der Waals surface area contributed by atoms with Gasteiger partial charge in [0.2, 0.25) is 0 Å². The van der Waals surface area contributed by atoms with Gasteiger partial charge in [-0.1, -0.05) is 0 Å². The quantitative estimate of drug-likeness (QED) is 0.621. The first-order valence-electron chi connectivity index (χ1n) is 6.27. The summed E-state index contributed by atoms with van der Waals surface area (Å²) in [7, 11) is 1.37. The van der Waals surface area contributed by atoms with Crippen LogP contribution in [0.3, 0.4) is 0 Å². The molecule has 1 aliphatic carbocycles. The van der Waals surface area contributed by atoms with Crippen molar-refractivity contribution in [2.75, 3.05) is 7.11 Å². The van der Waals surface area contributed by atoms with E-state index in [1.165, 1.54) is 7.11 Å². The maximum atomic E-state index is 13.2. The summed E-state index contributed by atoms with van der Waals surface area (Å²) in [5.41, 5.74) is -2.66. The van der Waals surface area contributed by atoms with Crippen LogP contribution in [0, 0.1) is 5.82 Å². The van der Waals surface area contributed by atoms with Crippen LogP contribution in [-0.4, -0.2) is 18.5 Å². The van der Waals surface area contributed by atoms with Gasteiger partial charge in [0.25, 0.3) is 0 Å². The Balaban J connectivity index is 2.41. The highest BCUT2D eigenvalue weighted by Gasteiger charge is 2.43. The highest BCUT2D eigenvalue weighted by Crippen LogP contribution is 2.37. The number of rotatable bonds is 3. The second-order valence-corrected chi connectivity index (χ2v) is 4.93. The maximum Gasteiger partial charge on any atom is 0.419 e. The number of benzene rings is 1. The molecular weight excluding hydrogens is 276 g/mol. The van der Waals surface area contributed by atoms with Crippen LogP contribution in [0.5, 0.6) is 0 Å². The highest BCUT2D eigenvalue weighted by atomic mass is 19.4. The lowest BCUT2D eigenvalue weighted by Gasteiger charge is -2.26. The molecule has 0 N–H and O–H groups in total. The number of ketones is 1. The number of carbonyl (C=O) groups is 1. The van der Waals surface area contributed by atoms with Gasteiger partial charge in [0.15, 0.2) is 5.78 Å². The second kappa shape index (κ2) is 5.16. The van der Waals surface area contributed by atoms with Crippen molar-refractivity contribution < 1.29 is 27.1 Å². The zero-order valence-corrected chi connectivity index (χ0v) is 10.9. The minimum absolute atomic E-state index is 0.164. The Morgan fingerprint density at radius 2 is 1.85 bits per heavy atom. The van der Waals surface area contributed by atoms with Crippen molar-refractivity contribution in [1.29, 1.82) is 0 Å². The summed E-state index contributed by atoms with van der Waals surface area (Å²) in [6, 6.07) is 2.32. The zero-order valence-electron chi connectivity index (χ0n) is 10.9. The lowest BCUT2D eigenvalue weighted by atomic mass is 9.90. The normalized spacial score (nSPS) is 18.2. The summed E-state index contributed by atoms with van der Waals surface area (Å²) < 4.78 is 56.5. The largest absolute Gasteiger partial charge is 0.419 e. The van der Waals surface area contributed by atoms with Crippen molar-refractivity contribution >= 4 is 5.78 Å². The van der Waals surface area contributed by atoms with Crippen molar-refractivity contribution in [1.82, 2.24) is 0 Å². The maximum absolute atomic E-state index is 13.2. The first-order valence-corrected chi connectivity index (χ1v) is 6.27. The summed E-state index contributed by atoms with van der Waals surface area (Å²) >= 11 is 0. The molecule has 0 saturated heterocycles. The number of hydrogen-bond donors (Lipinski definition) is 0. The Morgan fingerprint density at radius 3 is 2.35 bits per heavy atom. The van der Waals surface area contributed by atoms with Gasteiger partial charge in [0.05, 0.1) is 5.56 Å². The topological polar surface area (TPSA) is 26.3 Å². The SMILES string of the molecule is COC1(C(=O)c2ccc(F)c(C(F)(F)F)c2)CCCC1. The van der Waals surface area contributed by atoms with Gasteiger partial charge < -0.3 is 4.74 Å². The van der Waals surface area contributed by atoms with E-state index in [2.05, 4.69) is 0 Å². The second-order valence-electron chi connectivity index (χ2n) is 4.93. The highest BCUT2D eigenvalue weighted by molar-refractivity contribution is 6.02. The average molecular weight is 290 g/mol. The van der Waals surface area contributed by atoms with Crippen LogP contribution in [0.1, 0.15) is 41.6 Å². The summed E-state index contributed by atoms with van der Waals surface area (Å²) in [4.78, 5) is 12.4. The van der Waals surface area contributed by atoms with Crippen LogP contribution < -0.4 is 0 Å². The fourth-order valence-corrected chi connectivity index (χ4v) is 2.62. The third kappa shape index (κ3) is 2.57. The van der Waals surface area contributed by atoms with Gasteiger partial charge in [0.1, 0.15) is 11.4 Å². The van der Waals surface area contributed by atoms with E-state index in [0.717, 1.165) is 18.9 Å². The molecule has 0 heterocycles. The van der Waals surface area contributed by atoms with Crippen molar-refractivity contribution in [3.8, 4) is 0 Å². The lowest BCUT2D eigenvalue weighted by Crippen LogP contribution is -2.37. The molecule has 1 fully saturated rings. The molecule has 110 valence electrons. The lowest BCUT2D eigenvalue weighted by molar-refractivity contribution is -0.140.